The van der Waals surface area contributed by atoms with E-state index < -0.39 is 0 Å². The zero-order valence-corrected chi connectivity index (χ0v) is 13.0. The third-order valence-electron chi connectivity index (χ3n) is 3.96. The molecule has 0 atom stereocenters. The van der Waals surface area contributed by atoms with E-state index in [1.54, 1.807) is 18.2 Å². The molecular formula is C16H16Cl2N2O. The molecule has 0 N–H and O–H groups in total. The lowest BCUT2D eigenvalue weighted by atomic mass is 10.0. The summed E-state index contributed by atoms with van der Waals surface area (Å²) >= 11 is 12.0. The molecule has 110 valence electrons. The number of rotatable bonds is 2. The number of hydrogen-bond donors (Lipinski definition) is 0. The molecule has 1 aliphatic rings. The second-order valence-corrected chi connectivity index (χ2v) is 6.12. The summed E-state index contributed by atoms with van der Waals surface area (Å²) in [4.78, 5) is 14.4. The van der Waals surface area contributed by atoms with Gasteiger partial charge in [-0.15, -0.1) is 0 Å². The molecule has 2 heterocycles. The van der Waals surface area contributed by atoms with Crippen LogP contribution in [0.1, 0.15) is 29.2 Å². The second-order valence-electron chi connectivity index (χ2n) is 5.28. The summed E-state index contributed by atoms with van der Waals surface area (Å²) in [5, 5.41) is 0.961. The van der Waals surface area contributed by atoms with E-state index in [2.05, 4.69) is 17.0 Å². The number of likely N-dealkylation sites (tertiary alicyclic amines) is 1. The maximum absolute atomic E-state index is 12.5. The van der Waals surface area contributed by atoms with Crippen LogP contribution in [0.3, 0.4) is 0 Å². The van der Waals surface area contributed by atoms with Gasteiger partial charge in [-0.05, 0) is 43.2 Å². The lowest BCUT2D eigenvalue weighted by Gasteiger charge is -2.33. The Morgan fingerprint density at radius 3 is 2.38 bits per heavy atom. The van der Waals surface area contributed by atoms with E-state index in [9.17, 15) is 4.79 Å². The van der Waals surface area contributed by atoms with Gasteiger partial charge in [0.25, 0.3) is 5.91 Å². The number of halogens is 2. The zero-order valence-electron chi connectivity index (χ0n) is 11.5. The average molecular weight is 323 g/mol. The van der Waals surface area contributed by atoms with Crippen molar-refractivity contribution in [1.29, 1.82) is 0 Å². The van der Waals surface area contributed by atoms with Gasteiger partial charge < -0.3 is 9.47 Å². The number of nitrogens with zero attached hydrogens (tertiary/aromatic N) is 2. The number of carbonyl (C=O) groups is 1. The minimum atomic E-state index is -0.0115. The summed E-state index contributed by atoms with van der Waals surface area (Å²) in [5.41, 5.74) is 0.528. The Bertz CT molecular complexity index is 632. The predicted molar refractivity (Wildman–Crippen MR) is 85.1 cm³/mol. The first-order valence-corrected chi connectivity index (χ1v) is 7.77. The predicted octanol–water partition coefficient (Wildman–Crippen LogP) is 4.27. The van der Waals surface area contributed by atoms with Gasteiger partial charge in [0.15, 0.2) is 0 Å². The van der Waals surface area contributed by atoms with E-state index in [4.69, 9.17) is 23.2 Å². The Morgan fingerprint density at radius 1 is 1.10 bits per heavy atom. The van der Waals surface area contributed by atoms with Crippen molar-refractivity contribution in [1.82, 2.24) is 9.47 Å². The molecule has 0 saturated carbocycles. The molecule has 1 saturated heterocycles. The van der Waals surface area contributed by atoms with E-state index >= 15 is 0 Å². The van der Waals surface area contributed by atoms with Gasteiger partial charge in [0.2, 0.25) is 0 Å². The minimum Gasteiger partial charge on any atom is -0.351 e. The van der Waals surface area contributed by atoms with E-state index in [1.807, 2.05) is 17.0 Å². The van der Waals surface area contributed by atoms with Crippen LogP contribution in [0.2, 0.25) is 10.0 Å². The van der Waals surface area contributed by atoms with Crippen molar-refractivity contribution in [2.45, 2.75) is 18.9 Å². The first-order chi connectivity index (χ1) is 10.1. The topological polar surface area (TPSA) is 25.2 Å². The van der Waals surface area contributed by atoms with Crippen molar-refractivity contribution in [2.75, 3.05) is 13.1 Å². The van der Waals surface area contributed by atoms with Crippen LogP contribution >= 0.6 is 23.2 Å². The molecule has 1 amide bonds. The van der Waals surface area contributed by atoms with Crippen molar-refractivity contribution < 1.29 is 4.79 Å². The van der Waals surface area contributed by atoms with Crippen molar-refractivity contribution in [3.8, 4) is 0 Å². The normalized spacial score (nSPS) is 16.2. The average Bonchev–Trinajstić information content (AvgIpc) is 3.01. The summed E-state index contributed by atoms with van der Waals surface area (Å²) in [6, 6.07) is 9.56. The van der Waals surface area contributed by atoms with Crippen LogP contribution in [-0.4, -0.2) is 28.5 Å². The molecule has 3 nitrogen and oxygen atoms in total. The molecule has 1 aromatic carbocycles. The van der Waals surface area contributed by atoms with Gasteiger partial charge in [-0.2, -0.15) is 0 Å². The van der Waals surface area contributed by atoms with Crippen LogP contribution in [0.5, 0.6) is 0 Å². The highest BCUT2D eigenvalue weighted by Gasteiger charge is 2.25. The van der Waals surface area contributed by atoms with E-state index in [0.717, 1.165) is 25.9 Å². The maximum Gasteiger partial charge on any atom is 0.255 e. The van der Waals surface area contributed by atoms with Crippen molar-refractivity contribution in [2.24, 2.45) is 0 Å². The highest BCUT2D eigenvalue weighted by atomic mass is 35.5. The van der Waals surface area contributed by atoms with Crippen molar-refractivity contribution >= 4 is 29.1 Å². The van der Waals surface area contributed by atoms with Crippen LogP contribution < -0.4 is 0 Å². The van der Waals surface area contributed by atoms with Gasteiger partial charge in [-0.25, -0.2) is 0 Å². The lowest BCUT2D eigenvalue weighted by molar-refractivity contribution is 0.0695. The van der Waals surface area contributed by atoms with Gasteiger partial charge >= 0.3 is 0 Å². The third-order valence-corrected chi connectivity index (χ3v) is 4.51. The molecule has 1 aromatic heterocycles. The van der Waals surface area contributed by atoms with Gasteiger partial charge in [0.1, 0.15) is 0 Å². The number of aromatic nitrogens is 1. The van der Waals surface area contributed by atoms with Gasteiger partial charge in [-0.3, -0.25) is 4.79 Å². The highest BCUT2D eigenvalue weighted by Crippen LogP contribution is 2.26. The van der Waals surface area contributed by atoms with Crippen LogP contribution in [0.25, 0.3) is 0 Å². The smallest absolute Gasteiger partial charge is 0.255 e. The Morgan fingerprint density at radius 2 is 1.76 bits per heavy atom. The minimum absolute atomic E-state index is 0.0115. The second kappa shape index (κ2) is 6.12. The fraction of sp³-hybridized carbons (Fsp3) is 0.312. The van der Waals surface area contributed by atoms with Crippen LogP contribution in [-0.2, 0) is 0 Å². The van der Waals surface area contributed by atoms with E-state index in [1.165, 1.54) is 0 Å². The number of piperidine rings is 1. The number of benzene rings is 1. The summed E-state index contributed by atoms with van der Waals surface area (Å²) < 4.78 is 2.22. The number of hydrogen-bond acceptors (Lipinski definition) is 1. The lowest BCUT2D eigenvalue weighted by Crippen LogP contribution is -2.39. The van der Waals surface area contributed by atoms with E-state index in [-0.39, 0.29) is 5.91 Å². The molecule has 1 aliphatic heterocycles. The first-order valence-electron chi connectivity index (χ1n) is 7.02. The number of amides is 1. The Kier molecular flexibility index (Phi) is 4.22. The summed E-state index contributed by atoms with van der Waals surface area (Å²) in [5.74, 6) is -0.0115. The quantitative estimate of drug-likeness (QED) is 0.810. The molecule has 0 unspecified atom stereocenters. The highest BCUT2D eigenvalue weighted by molar-refractivity contribution is 6.36. The Hall–Kier alpha value is -1.45. The molecule has 0 radical (unpaired) electrons. The largest absolute Gasteiger partial charge is 0.351 e. The molecule has 1 fully saturated rings. The maximum atomic E-state index is 12.5. The summed E-state index contributed by atoms with van der Waals surface area (Å²) in [6.07, 6.45) is 6.09. The molecule has 0 bridgehead atoms. The molecule has 21 heavy (non-hydrogen) atoms. The van der Waals surface area contributed by atoms with Crippen molar-refractivity contribution in [3.05, 3.63) is 58.3 Å². The fourth-order valence-corrected chi connectivity index (χ4v) is 3.28. The molecule has 2 aromatic rings. The van der Waals surface area contributed by atoms with Crippen molar-refractivity contribution in [3.63, 3.8) is 0 Å². The fourth-order valence-electron chi connectivity index (χ4n) is 2.79. The monoisotopic (exact) mass is 322 g/mol. The van der Waals surface area contributed by atoms with Crippen LogP contribution in [0.4, 0.5) is 0 Å². The molecule has 0 spiro atoms. The Labute approximate surface area is 134 Å². The first kappa shape index (κ1) is 14.5. The molecular weight excluding hydrogens is 307 g/mol. The van der Waals surface area contributed by atoms with E-state index in [0.29, 0.717) is 21.7 Å². The standard InChI is InChI=1S/C16H16Cl2N2O/c17-12-3-4-14(15(18)11-12)16(21)20-9-5-13(6-10-20)19-7-1-2-8-19/h1-4,7-8,11,13H,5-6,9-10H2. The van der Waals surface area contributed by atoms with Gasteiger partial charge in [-0.1, -0.05) is 23.2 Å². The summed E-state index contributed by atoms with van der Waals surface area (Å²) in [7, 11) is 0. The number of carbonyl (C=O) groups excluding carboxylic acids is 1. The van der Waals surface area contributed by atoms with Crippen LogP contribution in [0, 0.1) is 0 Å². The molecule has 5 heteroatoms. The zero-order chi connectivity index (χ0) is 14.8. The third kappa shape index (κ3) is 3.09. The SMILES string of the molecule is O=C(c1ccc(Cl)cc1Cl)N1CCC(n2cccc2)CC1. The summed E-state index contributed by atoms with van der Waals surface area (Å²) in [6.45, 7) is 1.50. The van der Waals surface area contributed by atoms with Gasteiger partial charge in [0.05, 0.1) is 10.6 Å². The van der Waals surface area contributed by atoms with Crippen LogP contribution in [0.15, 0.2) is 42.7 Å². The molecule has 0 aliphatic carbocycles. The Balaban J connectivity index is 1.67. The van der Waals surface area contributed by atoms with Gasteiger partial charge in [0, 0.05) is 36.5 Å². The molecule has 3 rings (SSSR count).